The molecule has 0 heterocycles. The highest BCUT2D eigenvalue weighted by atomic mass is 32.3. The average Bonchev–Trinajstić information content (AvgIpc) is 0.722. The molecule has 0 aliphatic rings. The molecule has 0 aromatic rings. The van der Waals surface area contributed by atoms with Crippen LogP contribution in [0.15, 0.2) is 0 Å². The van der Waals surface area contributed by atoms with Gasteiger partial charge in [-0.2, -0.15) is 8.42 Å². The van der Waals surface area contributed by atoms with Crippen molar-refractivity contribution >= 4 is 10.4 Å². The van der Waals surface area contributed by atoms with Crippen LogP contribution >= 0.6 is 0 Å². The summed E-state index contributed by atoms with van der Waals surface area (Å²) < 4.78 is 31.6. The van der Waals surface area contributed by atoms with Crippen molar-refractivity contribution in [2.75, 3.05) is 0 Å². The van der Waals surface area contributed by atoms with Gasteiger partial charge in [0.2, 0.25) is 0 Å². The molecule has 0 saturated carbocycles. The second-order valence-corrected chi connectivity index (χ2v) is 1.34. The molecule has 0 aliphatic heterocycles. The number of rotatable bonds is 0. The third-order valence-electron chi connectivity index (χ3n) is 0. The van der Waals surface area contributed by atoms with Gasteiger partial charge in [0, 0.05) is 0 Å². The van der Waals surface area contributed by atoms with Crippen molar-refractivity contribution in [2.24, 2.45) is 0 Å². The number of hydrogen-bond acceptors (Lipinski definition) is 3. The fraction of sp³-hybridized carbons (Fsp3) is 0. The van der Waals surface area contributed by atoms with Crippen LogP contribution in [0.5, 0.6) is 0 Å². The van der Waals surface area contributed by atoms with Crippen molar-refractivity contribution in [2.45, 2.75) is 0 Å². The molecule has 0 rings (SSSR count). The average molecular weight is 116 g/mol. The fourth-order valence-electron chi connectivity index (χ4n) is 0. The Labute approximate surface area is 36.6 Å². The second kappa shape index (κ2) is 2.08. The zero-order chi connectivity index (χ0) is 4.50. The first-order chi connectivity index (χ1) is 2.00. The fourth-order valence-corrected chi connectivity index (χ4v) is 0. The van der Waals surface area contributed by atoms with Gasteiger partial charge < -0.3 is 6.15 Å². The van der Waals surface area contributed by atoms with E-state index in [4.69, 9.17) is 17.5 Å². The Morgan fingerprint density at radius 3 is 1.33 bits per heavy atom. The van der Waals surface area contributed by atoms with Crippen LogP contribution in [0.3, 0.4) is 0 Å². The van der Waals surface area contributed by atoms with Crippen molar-refractivity contribution in [3.05, 3.63) is 0 Å². The zero-order valence-corrected chi connectivity index (χ0v) is 3.64. The standard InChI is InChI=1S/H3N.H2O4S/c;1-5(2,3)4/h1H3;(H2,1,2,3,4)/p+1. The van der Waals surface area contributed by atoms with Gasteiger partial charge in [-0.25, -0.2) is 0 Å². The highest BCUT2D eigenvalue weighted by Gasteiger charge is 1.84. The quantitative estimate of drug-likeness (QED) is 0.374. The minimum absolute atomic E-state index is 0. The zero-order valence-electron chi connectivity index (χ0n) is 3.83. The monoisotopic (exact) mass is 116 g/mol. The van der Waals surface area contributed by atoms with Crippen LogP contribution in [0.2, 0.25) is 0 Å². The van der Waals surface area contributed by atoms with Crippen LogP contribution in [0.25, 0.3) is 0 Å². The molecule has 6 heteroatoms. The summed E-state index contributed by atoms with van der Waals surface area (Å²) >= 11 is 0. The summed E-state index contributed by atoms with van der Waals surface area (Å²) in [6.45, 7) is 0. The molecule has 0 aromatic carbocycles. The largest absolute Gasteiger partial charge is 1.00 e. The summed E-state index contributed by atoms with van der Waals surface area (Å²) in [6, 6.07) is 0. The lowest BCUT2D eigenvalue weighted by atomic mass is 14.0. The summed E-state index contributed by atoms with van der Waals surface area (Å²) in [5.74, 6) is 0. The Hall–Kier alpha value is -0.170. The summed E-state index contributed by atoms with van der Waals surface area (Å²) in [5.41, 5.74) is 0. The van der Waals surface area contributed by atoms with E-state index in [1.807, 2.05) is 0 Å². The first-order valence-electron chi connectivity index (χ1n) is 0.698. The lowest BCUT2D eigenvalue weighted by Gasteiger charge is -1.68. The van der Waals surface area contributed by atoms with E-state index in [9.17, 15) is 0 Å². The molecule has 0 fully saturated rings. The van der Waals surface area contributed by atoms with Crippen molar-refractivity contribution in [1.82, 2.24) is 6.15 Å². The van der Waals surface area contributed by atoms with Crippen LogP contribution in [0.4, 0.5) is 0 Å². The van der Waals surface area contributed by atoms with E-state index in [1.165, 1.54) is 0 Å². The third kappa shape index (κ3) is 1060. The van der Waals surface area contributed by atoms with Gasteiger partial charge in [-0.1, -0.05) is 0 Å². The predicted molar refractivity (Wildman–Crippen MR) is 20.3 cm³/mol. The van der Waals surface area contributed by atoms with E-state index in [0.717, 1.165) is 0 Å². The predicted octanol–water partition coefficient (Wildman–Crippen LogP) is -0.378. The molecule has 0 radical (unpaired) electrons. The molecular weight excluding hydrogens is 110 g/mol. The highest BCUT2D eigenvalue weighted by Crippen LogP contribution is 1.59. The maximum absolute atomic E-state index is 8.74. The molecule has 6 heavy (non-hydrogen) atoms. The van der Waals surface area contributed by atoms with Gasteiger partial charge in [-0.05, 0) is 0 Å². The molecule has 0 atom stereocenters. The molecule has 0 saturated heterocycles. The Balaban J connectivity index is -0.0000000800. The van der Waals surface area contributed by atoms with Gasteiger partial charge in [-0.3, -0.25) is 9.11 Å². The summed E-state index contributed by atoms with van der Waals surface area (Å²) in [6.07, 6.45) is 0. The van der Waals surface area contributed by atoms with Gasteiger partial charge in [0.25, 0.3) is 0 Å². The van der Waals surface area contributed by atoms with E-state index in [2.05, 4.69) is 0 Å². The van der Waals surface area contributed by atoms with Crippen molar-refractivity contribution in [3.63, 3.8) is 0 Å². The normalized spacial score (nSPS) is 9.67. The summed E-state index contributed by atoms with van der Waals surface area (Å²) in [5, 5.41) is 0. The lowest BCUT2D eigenvalue weighted by molar-refractivity contribution is 0.381. The first-order valence-corrected chi connectivity index (χ1v) is 2.10. The van der Waals surface area contributed by atoms with Gasteiger partial charge in [0.05, 0.1) is 0 Å². The minimum atomic E-state index is -4.67. The van der Waals surface area contributed by atoms with Gasteiger partial charge >= 0.3 is 11.8 Å². The van der Waals surface area contributed by atoms with Crippen LogP contribution in [0, 0.1) is 0 Å². The Bertz CT molecular complexity index is 94.9. The summed E-state index contributed by atoms with van der Waals surface area (Å²) in [7, 11) is -4.67. The third-order valence-corrected chi connectivity index (χ3v) is 0. The van der Waals surface area contributed by atoms with Crippen LogP contribution < -0.4 is 6.15 Å². The van der Waals surface area contributed by atoms with Gasteiger partial charge in [0.1, 0.15) is 0 Å². The molecule has 0 unspecified atom stereocenters. The van der Waals surface area contributed by atoms with E-state index in [1.54, 1.807) is 0 Å². The second-order valence-electron chi connectivity index (χ2n) is 0.448. The van der Waals surface area contributed by atoms with Gasteiger partial charge in [-0.15, -0.1) is 0 Å². The van der Waals surface area contributed by atoms with Crippen LogP contribution in [0.1, 0.15) is 1.43 Å². The molecular formula is H6NO4S+. The van der Waals surface area contributed by atoms with Crippen molar-refractivity contribution in [3.8, 4) is 0 Å². The smallest absolute Gasteiger partial charge is 0.344 e. The number of hydrogen-bond donors (Lipinski definition) is 3. The molecule has 0 amide bonds. The summed E-state index contributed by atoms with van der Waals surface area (Å²) in [4.78, 5) is 0. The topological polar surface area (TPSA) is 110 Å². The van der Waals surface area contributed by atoms with Crippen molar-refractivity contribution in [1.29, 1.82) is 0 Å². The molecule has 0 spiro atoms. The molecule has 0 aliphatic carbocycles. The van der Waals surface area contributed by atoms with E-state index < -0.39 is 10.4 Å². The SMILES string of the molecule is N.O=S(=O)(O)O.[H+]. The maximum Gasteiger partial charge on any atom is 1.00 e. The highest BCUT2D eigenvalue weighted by molar-refractivity contribution is 7.79. The van der Waals surface area contributed by atoms with Crippen LogP contribution in [-0.2, 0) is 10.4 Å². The van der Waals surface area contributed by atoms with Crippen molar-refractivity contribution < 1.29 is 18.9 Å². The maximum atomic E-state index is 8.74. The Morgan fingerprint density at radius 2 is 1.33 bits per heavy atom. The minimum Gasteiger partial charge on any atom is -0.344 e. The van der Waals surface area contributed by atoms with E-state index in [0.29, 0.717) is 0 Å². The molecule has 5 nitrogen and oxygen atoms in total. The Kier molecular flexibility index (Phi) is 3.22. The molecule has 0 aromatic heterocycles. The van der Waals surface area contributed by atoms with E-state index >= 15 is 0 Å². The lowest BCUT2D eigenvalue weighted by Crippen LogP contribution is -1.89. The van der Waals surface area contributed by atoms with Gasteiger partial charge in [0.15, 0.2) is 0 Å². The van der Waals surface area contributed by atoms with E-state index in [-0.39, 0.29) is 7.58 Å². The molecule has 5 N–H and O–H groups in total. The Morgan fingerprint density at radius 1 is 1.33 bits per heavy atom. The molecule has 0 bridgehead atoms. The first kappa shape index (κ1) is 9.27. The molecule has 40 valence electrons. The van der Waals surface area contributed by atoms with Crippen LogP contribution in [-0.4, -0.2) is 17.5 Å².